The van der Waals surface area contributed by atoms with Crippen LogP contribution in [0.3, 0.4) is 0 Å². The normalized spacial score (nSPS) is 39.2. The van der Waals surface area contributed by atoms with E-state index in [4.69, 9.17) is 4.74 Å². The molecule has 1 fully saturated rings. The molecule has 1 radical (unpaired) electrons. The molecule has 2 aliphatic rings. The summed E-state index contributed by atoms with van der Waals surface area (Å²) in [6, 6.07) is 0.299. The third-order valence-electron chi connectivity index (χ3n) is 1.63. The van der Waals surface area contributed by atoms with Gasteiger partial charge in [0, 0.05) is 12.3 Å². The molecular formula is C6H9N2OS. The van der Waals surface area contributed by atoms with Crippen molar-refractivity contribution in [2.24, 2.45) is 4.99 Å². The van der Waals surface area contributed by atoms with Crippen LogP contribution in [0, 0.1) is 0 Å². The number of thioether (sulfide) groups is 1. The Morgan fingerprint density at radius 2 is 2.70 bits per heavy atom. The highest BCUT2D eigenvalue weighted by molar-refractivity contribution is 8.12. The van der Waals surface area contributed by atoms with E-state index in [9.17, 15) is 0 Å². The first-order chi connectivity index (χ1) is 4.97. The predicted octanol–water partition coefficient (Wildman–Crippen LogP) is -0.0470. The molecular weight excluding hydrogens is 148 g/mol. The van der Waals surface area contributed by atoms with Crippen LogP contribution in [0.15, 0.2) is 4.99 Å². The van der Waals surface area contributed by atoms with Crippen LogP contribution in [-0.2, 0) is 4.74 Å². The van der Waals surface area contributed by atoms with Crippen molar-refractivity contribution >= 4 is 17.3 Å². The zero-order chi connectivity index (χ0) is 6.81. The first kappa shape index (κ1) is 6.64. The van der Waals surface area contributed by atoms with Gasteiger partial charge in [-0.1, -0.05) is 0 Å². The van der Waals surface area contributed by atoms with Crippen LogP contribution in [-0.4, -0.2) is 36.7 Å². The first-order valence-electron chi connectivity index (χ1n) is 3.38. The van der Waals surface area contributed by atoms with Gasteiger partial charge in [-0.3, -0.25) is 10.3 Å². The first-order valence-corrected chi connectivity index (χ1v) is 4.37. The van der Waals surface area contributed by atoms with Crippen LogP contribution in [0.25, 0.3) is 0 Å². The van der Waals surface area contributed by atoms with Gasteiger partial charge in [0.2, 0.25) is 0 Å². The smallest absolute Gasteiger partial charge is 0.131 e. The summed E-state index contributed by atoms with van der Waals surface area (Å²) < 4.78 is 5.38. The quantitative estimate of drug-likeness (QED) is 0.579. The van der Waals surface area contributed by atoms with Gasteiger partial charge in [0.15, 0.2) is 0 Å². The second-order valence-electron chi connectivity index (χ2n) is 2.34. The summed E-state index contributed by atoms with van der Waals surface area (Å²) >= 11 is 1.63. The molecule has 4 heteroatoms. The van der Waals surface area contributed by atoms with Crippen LogP contribution in [0.4, 0.5) is 0 Å². The van der Waals surface area contributed by atoms with Crippen molar-refractivity contribution in [3.63, 3.8) is 0 Å². The number of hydrogen-bond donors (Lipinski definition) is 1. The molecule has 2 heterocycles. The van der Waals surface area contributed by atoms with Crippen molar-refractivity contribution in [3.05, 3.63) is 0 Å². The molecule has 0 aromatic rings. The summed E-state index contributed by atoms with van der Waals surface area (Å²) in [7, 11) is 0. The molecule has 2 unspecified atom stereocenters. The third kappa shape index (κ3) is 1.19. The lowest BCUT2D eigenvalue weighted by molar-refractivity contribution is 0.0871. The summed E-state index contributed by atoms with van der Waals surface area (Å²) in [5, 5.41) is 3.23. The van der Waals surface area contributed by atoms with Gasteiger partial charge in [0.1, 0.15) is 17.8 Å². The maximum Gasteiger partial charge on any atom is 0.131 e. The monoisotopic (exact) mass is 157 g/mol. The Hall–Kier alpha value is -0.0600. The van der Waals surface area contributed by atoms with Gasteiger partial charge in [-0.25, -0.2) is 0 Å². The van der Waals surface area contributed by atoms with Crippen LogP contribution >= 0.6 is 11.8 Å². The fourth-order valence-corrected chi connectivity index (χ4v) is 1.82. The number of ether oxygens (including phenoxy) is 1. The average Bonchev–Trinajstić information content (AvgIpc) is 2.59. The molecule has 10 heavy (non-hydrogen) atoms. The van der Waals surface area contributed by atoms with Gasteiger partial charge in [0.25, 0.3) is 0 Å². The molecule has 0 aliphatic carbocycles. The summed E-state index contributed by atoms with van der Waals surface area (Å²) in [5.74, 6) is 1.01. The third-order valence-corrected chi connectivity index (χ3v) is 2.37. The maximum absolute atomic E-state index is 5.38. The Labute approximate surface area is 64.2 Å². The minimum absolute atomic E-state index is 0.155. The molecule has 0 aromatic carbocycles. The van der Waals surface area contributed by atoms with Crippen LogP contribution in [0.5, 0.6) is 0 Å². The van der Waals surface area contributed by atoms with Crippen molar-refractivity contribution in [2.75, 3.05) is 18.9 Å². The summed E-state index contributed by atoms with van der Waals surface area (Å²) in [6.45, 7) is 1.78. The lowest BCUT2D eigenvalue weighted by atomic mass is 10.3. The zero-order valence-electron chi connectivity index (χ0n) is 5.54. The number of rotatable bonds is 1. The minimum Gasteiger partial charge on any atom is -0.360 e. The van der Waals surface area contributed by atoms with Crippen molar-refractivity contribution in [1.29, 1.82) is 0 Å². The second kappa shape index (κ2) is 2.90. The Balaban J connectivity index is 1.91. The zero-order valence-corrected chi connectivity index (χ0v) is 6.36. The highest BCUT2D eigenvalue weighted by Crippen LogP contribution is 2.16. The molecule has 0 amide bonds. The fourth-order valence-electron chi connectivity index (χ4n) is 1.11. The number of hydrogen-bond acceptors (Lipinski definition) is 4. The molecule has 1 N–H and O–H groups in total. The molecule has 1 saturated heterocycles. The van der Waals surface area contributed by atoms with Crippen molar-refractivity contribution in [2.45, 2.75) is 12.3 Å². The number of nitrogens with one attached hydrogen (secondary N) is 1. The van der Waals surface area contributed by atoms with E-state index in [0.717, 1.165) is 18.9 Å². The molecule has 0 spiro atoms. The summed E-state index contributed by atoms with van der Waals surface area (Å²) in [6.07, 6.45) is 0.155. The largest absolute Gasteiger partial charge is 0.360 e. The van der Waals surface area contributed by atoms with E-state index in [1.54, 1.807) is 11.8 Å². The van der Waals surface area contributed by atoms with Gasteiger partial charge in [-0.2, -0.15) is 0 Å². The van der Waals surface area contributed by atoms with Gasteiger partial charge in [-0.15, -0.1) is 11.8 Å². The predicted molar refractivity (Wildman–Crippen MR) is 41.4 cm³/mol. The topological polar surface area (TPSA) is 33.6 Å². The van der Waals surface area contributed by atoms with Gasteiger partial charge < -0.3 is 4.74 Å². The molecule has 0 aromatic heterocycles. The molecule has 0 bridgehead atoms. The SMILES string of the molecule is [C]1=NC(C2NCCO2)CS1. The Kier molecular flexibility index (Phi) is 1.93. The summed E-state index contributed by atoms with van der Waals surface area (Å²) in [5.41, 5.74) is 2.87. The van der Waals surface area contributed by atoms with E-state index in [-0.39, 0.29) is 6.23 Å². The number of nitrogens with zero attached hydrogens (tertiary/aromatic N) is 1. The lowest BCUT2D eigenvalue weighted by Gasteiger charge is -2.13. The van der Waals surface area contributed by atoms with Crippen molar-refractivity contribution < 1.29 is 4.74 Å². The van der Waals surface area contributed by atoms with E-state index in [0.29, 0.717) is 6.04 Å². The highest BCUT2D eigenvalue weighted by atomic mass is 32.2. The van der Waals surface area contributed by atoms with Gasteiger partial charge >= 0.3 is 0 Å². The van der Waals surface area contributed by atoms with Crippen molar-refractivity contribution in [3.8, 4) is 0 Å². The Morgan fingerprint density at radius 3 is 3.30 bits per heavy atom. The van der Waals surface area contributed by atoms with E-state index in [1.807, 2.05) is 0 Å². The van der Waals surface area contributed by atoms with E-state index < -0.39 is 0 Å². The Bertz CT molecular complexity index is 145. The van der Waals surface area contributed by atoms with E-state index in [1.165, 1.54) is 0 Å². The maximum atomic E-state index is 5.38. The average molecular weight is 157 g/mol. The van der Waals surface area contributed by atoms with Gasteiger partial charge in [0.05, 0.1) is 6.61 Å². The number of aliphatic imine (C=N–C) groups is 1. The second-order valence-corrected chi connectivity index (χ2v) is 3.15. The highest BCUT2D eigenvalue weighted by Gasteiger charge is 2.26. The molecule has 2 aliphatic heterocycles. The standard InChI is InChI=1S/C6H9N2OS/c1-2-9-6(7-1)5-3-10-4-8-5/h5-7H,1-3H2. The minimum atomic E-state index is 0.155. The van der Waals surface area contributed by atoms with Crippen LogP contribution in [0.2, 0.25) is 0 Å². The molecule has 55 valence electrons. The molecule has 0 saturated carbocycles. The van der Waals surface area contributed by atoms with Crippen molar-refractivity contribution in [1.82, 2.24) is 5.32 Å². The molecule has 3 nitrogen and oxygen atoms in total. The van der Waals surface area contributed by atoms with Crippen LogP contribution < -0.4 is 5.32 Å². The van der Waals surface area contributed by atoms with E-state index >= 15 is 0 Å². The van der Waals surface area contributed by atoms with E-state index in [2.05, 4.69) is 15.9 Å². The Morgan fingerprint density at radius 1 is 1.70 bits per heavy atom. The fraction of sp³-hybridized carbons (Fsp3) is 0.833. The summed E-state index contributed by atoms with van der Waals surface area (Å²) in [4.78, 5) is 4.14. The van der Waals surface area contributed by atoms with Crippen LogP contribution in [0.1, 0.15) is 0 Å². The molecule has 2 rings (SSSR count). The molecule has 2 atom stereocenters. The van der Waals surface area contributed by atoms with Gasteiger partial charge in [-0.05, 0) is 0 Å². The lowest BCUT2D eigenvalue weighted by Crippen LogP contribution is -2.34.